The molecule has 0 aliphatic heterocycles. The van der Waals surface area contributed by atoms with Crippen molar-refractivity contribution in [2.75, 3.05) is 6.54 Å². The molecule has 1 aromatic heterocycles. The summed E-state index contributed by atoms with van der Waals surface area (Å²) >= 11 is 0. The first kappa shape index (κ1) is 12.8. The molecule has 2 aromatic rings. The molecule has 20 heavy (non-hydrogen) atoms. The molecule has 0 bridgehead atoms. The zero-order chi connectivity index (χ0) is 13.9. The van der Waals surface area contributed by atoms with Gasteiger partial charge in [-0.15, -0.1) is 5.10 Å². The Morgan fingerprint density at radius 2 is 2.15 bits per heavy atom. The predicted molar refractivity (Wildman–Crippen MR) is 74.4 cm³/mol. The molecule has 1 amide bonds. The number of carbonyl (C=O) groups is 1. The van der Waals surface area contributed by atoms with Gasteiger partial charge in [0.25, 0.3) is 5.91 Å². The van der Waals surface area contributed by atoms with Gasteiger partial charge < -0.3 is 11.1 Å². The van der Waals surface area contributed by atoms with Crippen molar-refractivity contribution in [2.45, 2.75) is 18.9 Å². The summed E-state index contributed by atoms with van der Waals surface area (Å²) in [5.41, 5.74) is 6.87. The summed E-state index contributed by atoms with van der Waals surface area (Å²) in [5.74, 6) is 0.308. The highest BCUT2D eigenvalue weighted by molar-refractivity contribution is 5.92. The maximum Gasteiger partial charge on any atom is 0.273 e. The summed E-state index contributed by atoms with van der Waals surface area (Å²) in [4.78, 5) is 12.1. The zero-order valence-electron chi connectivity index (χ0n) is 11.1. The smallest absolute Gasteiger partial charge is 0.273 e. The second-order valence-corrected chi connectivity index (χ2v) is 5.04. The number of aromatic nitrogens is 3. The Morgan fingerprint density at radius 3 is 2.80 bits per heavy atom. The van der Waals surface area contributed by atoms with E-state index >= 15 is 0 Å². The summed E-state index contributed by atoms with van der Waals surface area (Å²) in [7, 11) is 0. The van der Waals surface area contributed by atoms with Crippen LogP contribution < -0.4 is 11.1 Å². The van der Waals surface area contributed by atoms with E-state index in [2.05, 4.69) is 15.6 Å². The monoisotopic (exact) mass is 271 g/mol. The molecule has 104 valence electrons. The third-order valence-electron chi connectivity index (χ3n) is 3.51. The Hall–Kier alpha value is -2.21. The summed E-state index contributed by atoms with van der Waals surface area (Å²) < 4.78 is 1.59. The van der Waals surface area contributed by atoms with Crippen LogP contribution in [0.5, 0.6) is 0 Å². The van der Waals surface area contributed by atoms with E-state index in [9.17, 15) is 4.79 Å². The van der Waals surface area contributed by atoms with Crippen molar-refractivity contribution < 1.29 is 4.79 Å². The van der Waals surface area contributed by atoms with Gasteiger partial charge in [-0.25, -0.2) is 4.68 Å². The highest BCUT2D eigenvalue weighted by atomic mass is 16.2. The van der Waals surface area contributed by atoms with Gasteiger partial charge in [0, 0.05) is 12.6 Å². The summed E-state index contributed by atoms with van der Waals surface area (Å²) in [6.45, 7) is 0.462. The molecule has 1 aliphatic carbocycles. The number of amides is 1. The van der Waals surface area contributed by atoms with Gasteiger partial charge in [-0.05, 0) is 30.9 Å². The fourth-order valence-corrected chi connectivity index (χ4v) is 2.18. The highest BCUT2D eigenvalue weighted by Crippen LogP contribution is 2.32. The summed E-state index contributed by atoms with van der Waals surface area (Å²) in [6, 6.07) is 9.61. The average molecular weight is 271 g/mol. The van der Waals surface area contributed by atoms with Crippen molar-refractivity contribution >= 4 is 5.91 Å². The minimum Gasteiger partial charge on any atom is -0.346 e. The van der Waals surface area contributed by atoms with E-state index in [1.165, 1.54) is 0 Å². The highest BCUT2D eigenvalue weighted by Gasteiger charge is 2.31. The first-order valence-electron chi connectivity index (χ1n) is 6.76. The summed E-state index contributed by atoms with van der Waals surface area (Å²) in [6.07, 6.45) is 3.91. The molecule has 1 fully saturated rings. The van der Waals surface area contributed by atoms with E-state index in [-0.39, 0.29) is 11.9 Å². The van der Waals surface area contributed by atoms with Gasteiger partial charge in [-0.2, -0.15) is 0 Å². The Kier molecular flexibility index (Phi) is 3.47. The molecule has 1 unspecified atom stereocenters. The average Bonchev–Trinajstić information content (AvgIpc) is 3.21. The fraction of sp³-hybridized carbons (Fsp3) is 0.357. The Bertz CT molecular complexity index is 591. The van der Waals surface area contributed by atoms with E-state index in [0.717, 1.165) is 18.5 Å². The number of carbonyl (C=O) groups excluding carboxylic acids is 1. The molecule has 1 atom stereocenters. The number of nitrogens with zero attached hydrogens (tertiary/aromatic N) is 3. The maximum absolute atomic E-state index is 12.1. The predicted octanol–water partition coefficient (Wildman–Crippen LogP) is 0.734. The van der Waals surface area contributed by atoms with E-state index in [0.29, 0.717) is 18.2 Å². The van der Waals surface area contributed by atoms with Crippen LogP contribution in [-0.4, -0.2) is 33.5 Å². The normalized spacial score (nSPS) is 15.8. The van der Waals surface area contributed by atoms with E-state index in [4.69, 9.17) is 5.73 Å². The molecule has 3 rings (SSSR count). The van der Waals surface area contributed by atoms with Crippen molar-refractivity contribution in [2.24, 2.45) is 11.7 Å². The first-order chi connectivity index (χ1) is 9.78. The molecule has 0 radical (unpaired) electrons. The van der Waals surface area contributed by atoms with Gasteiger partial charge >= 0.3 is 0 Å². The van der Waals surface area contributed by atoms with E-state index in [1.54, 1.807) is 10.9 Å². The Morgan fingerprint density at radius 1 is 1.40 bits per heavy atom. The minimum atomic E-state index is -0.213. The molecular weight excluding hydrogens is 254 g/mol. The Balaban J connectivity index is 1.71. The molecule has 1 heterocycles. The van der Waals surface area contributed by atoms with Gasteiger partial charge in [0.1, 0.15) is 0 Å². The lowest BCUT2D eigenvalue weighted by Gasteiger charge is -2.14. The van der Waals surface area contributed by atoms with Crippen LogP contribution in [0.25, 0.3) is 5.69 Å². The van der Waals surface area contributed by atoms with Crippen LogP contribution in [0.2, 0.25) is 0 Å². The quantitative estimate of drug-likeness (QED) is 0.839. The minimum absolute atomic E-state index is 0.0457. The summed E-state index contributed by atoms with van der Waals surface area (Å²) in [5, 5.41) is 10.8. The fourth-order valence-electron chi connectivity index (χ4n) is 2.18. The number of nitrogens with two attached hydrogens (primary N) is 1. The van der Waals surface area contributed by atoms with Gasteiger partial charge in [-0.3, -0.25) is 4.79 Å². The number of rotatable bonds is 5. The lowest BCUT2D eigenvalue weighted by Crippen LogP contribution is -2.41. The van der Waals surface area contributed by atoms with Crippen molar-refractivity contribution in [1.82, 2.24) is 20.3 Å². The van der Waals surface area contributed by atoms with Gasteiger partial charge in [0.15, 0.2) is 5.69 Å². The molecule has 1 saturated carbocycles. The molecule has 1 aliphatic rings. The van der Waals surface area contributed by atoms with Crippen LogP contribution in [-0.2, 0) is 0 Å². The first-order valence-corrected chi connectivity index (χ1v) is 6.76. The zero-order valence-corrected chi connectivity index (χ0v) is 11.1. The van der Waals surface area contributed by atoms with Crippen molar-refractivity contribution in [3.05, 3.63) is 42.2 Å². The Labute approximate surface area is 117 Å². The van der Waals surface area contributed by atoms with Crippen molar-refractivity contribution in [3.63, 3.8) is 0 Å². The van der Waals surface area contributed by atoms with Gasteiger partial charge in [-0.1, -0.05) is 23.4 Å². The molecular formula is C14H17N5O. The molecule has 3 N–H and O–H groups in total. The number of hydrogen-bond acceptors (Lipinski definition) is 4. The number of para-hydroxylation sites is 1. The number of hydrogen-bond donors (Lipinski definition) is 2. The second kappa shape index (κ2) is 5.42. The van der Waals surface area contributed by atoms with Gasteiger partial charge in [0.05, 0.1) is 11.9 Å². The third kappa shape index (κ3) is 2.70. The molecule has 0 spiro atoms. The SMILES string of the molecule is NCC(NC(=O)c1cn(-c2ccccc2)nn1)C1CC1. The lowest BCUT2D eigenvalue weighted by atomic mass is 10.2. The van der Waals surface area contributed by atoms with Crippen LogP contribution in [0, 0.1) is 5.92 Å². The van der Waals surface area contributed by atoms with Crippen LogP contribution in [0.3, 0.4) is 0 Å². The number of benzene rings is 1. The van der Waals surface area contributed by atoms with E-state index in [1.807, 2.05) is 30.3 Å². The van der Waals surface area contributed by atoms with Crippen LogP contribution in [0.1, 0.15) is 23.3 Å². The third-order valence-corrected chi connectivity index (χ3v) is 3.51. The van der Waals surface area contributed by atoms with Crippen molar-refractivity contribution in [3.8, 4) is 5.69 Å². The topological polar surface area (TPSA) is 85.8 Å². The van der Waals surface area contributed by atoms with E-state index < -0.39 is 0 Å². The largest absolute Gasteiger partial charge is 0.346 e. The molecule has 0 saturated heterocycles. The molecule has 6 nitrogen and oxygen atoms in total. The maximum atomic E-state index is 12.1. The molecule has 6 heteroatoms. The molecule has 1 aromatic carbocycles. The van der Waals surface area contributed by atoms with Crippen LogP contribution in [0.4, 0.5) is 0 Å². The van der Waals surface area contributed by atoms with Crippen molar-refractivity contribution in [1.29, 1.82) is 0 Å². The van der Waals surface area contributed by atoms with Crippen LogP contribution in [0.15, 0.2) is 36.5 Å². The standard InChI is InChI=1S/C14H17N5O/c15-8-12(10-6-7-10)16-14(20)13-9-19(18-17-13)11-4-2-1-3-5-11/h1-5,9-10,12H,6-8,15H2,(H,16,20). The number of nitrogens with one attached hydrogen (secondary N) is 1. The van der Waals surface area contributed by atoms with Gasteiger partial charge in [0.2, 0.25) is 0 Å². The second-order valence-electron chi connectivity index (χ2n) is 5.04. The lowest BCUT2D eigenvalue weighted by molar-refractivity contribution is 0.0928. The van der Waals surface area contributed by atoms with Crippen LogP contribution >= 0.6 is 0 Å².